The molecule has 2 N–H and O–H groups in total. The summed E-state index contributed by atoms with van der Waals surface area (Å²) in [5.41, 5.74) is 0.251. The van der Waals surface area contributed by atoms with Crippen molar-refractivity contribution < 1.29 is 9.18 Å². The zero-order chi connectivity index (χ0) is 14.2. The van der Waals surface area contributed by atoms with Crippen LogP contribution in [0.5, 0.6) is 0 Å². The van der Waals surface area contributed by atoms with E-state index in [1.165, 1.54) is 50.7 Å². The molecule has 1 aliphatic rings. The summed E-state index contributed by atoms with van der Waals surface area (Å²) >= 11 is 0. The SMILES string of the molecule is Cl.O=C(NCCNC1CCCCCC1)c1ccc(F)cn1. The minimum Gasteiger partial charge on any atom is -0.349 e. The number of hydrogen-bond acceptors (Lipinski definition) is 3. The van der Waals surface area contributed by atoms with Gasteiger partial charge in [-0.2, -0.15) is 0 Å². The Kier molecular flexibility index (Phi) is 8.23. The van der Waals surface area contributed by atoms with E-state index in [0.29, 0.717) is 12.6 Å². The summed E-state index contributed by atoms with van der Waals surface area (Å²) in [5, 5.41) is 6.27. The lowest BCUT2D eigenvalue weighted by Gasteiger charge is -2.16. The van der Waals surface area contributed by atoms with E-state index in [1.54, 1.807) is 0 Å². The van der Waals surface area contributed by atoms with Gasteiger partial charge in [0.05, 0.1) is 6.20 Å². The van der Waals surface area contributed by atoms with Gasteiger partial charge in [-0.1, -0.05) is 25.7 Å². The Morgan fingerprint density at radius 3 is 2.52 bits per heavy atom. The molecule has 1 amide bonds. The molecule has 1 saturated carbocycles. The highest BCUT2D eigenvalue weighted by atomic mass is 35.5. The molecule has 0 atom stereocenters. The van der Waals surface area contributed by atoms with Crippen molar-refractivity contribution in [1.82, 2.24) is 15.6 Å². The van der Waals surface area contributed by atoms with E-state index < -0.39 is 5.82 Å². The van der Waals surface area contributed by atoms with Crippen molar-refractivity contribution in [3.63, 3.8) is 0 Å². The zero-order valence-electron chi connectivity index (χ0n) is 12.1. The summed E-state index contributed by atoms with van der Waals surface area (Å²) in [7, 11) is 0. The summed E-state index contributed by atoms with van der Waals surface area (Å²) in [6, 6.07) is 3.22. The predicted octanol–water partition coefficient (Wildman–Crippen LogP) is 2.68. The third kappa shape index (κ3) is 6.40. The predicted molar refractivity (Wildman–Crippen MR) is 83.3 cm³/mol. The summed E-state index contributed by atoms with van der Waals surface area (Å²) in [4.78, 5) is 15.5. The molecule has 1 fully saturated rings. The fourth-order valence-electron chi connectivity index (χ4n) is 2.54. The van der Waals surface area contributed by atoms with Gasteiger partial charge in [0.15, 0.2) is 0 Å². The second-order valence-electron chi connectivity index (χ2n) is 5.26. The molecule has 118 valence electrons. The largest absolute Gasteiger partial charge is 0.349 e. The first-order valence-electron chi connectivity index (χ1n) is 7.39. The molecule has 0 saturated heterocycles. The highest BCUT2D eigenvalue weighted by Crippen LogP contribution is 2.16. The van der Waals surface area contributed by atoms with Crippen LogP contribution in [0.3, 0.4) is 0 Å². The van der Waals surface area contributed by atoms with E-state index in [2.05, 4.69) is 15.6 Å². The van der Waals surface area contributed by atoms with Crippen molar-refractivity contribution in [2.45, 2.75) is 44.6 Å². The maximum absolute atomic E-state index is 12.7. The molecule has 1 aromatic heterocycles. The summed E-state index contributed by atoms with van der Waals surface area (Å²) in [5.74, 6) is -0.691. The Labute approximate surface area is 131 Å². The molecule has 6 heteroatoms. The van der Waals surface area contributed by atoms with Crippen LogP contribution >= 0.6 is 12.4 Å². The molecule has 1 aromatic rings. The van der Waals surface area contributed by atoms with E-state index in [0.717, 1.165) is 12.7 Å². The first-order valence-corrected chi connectivity index (χ1v) is 7.39. The van der Waals surface area contributed by atoms with Crippen LogP contribution in [-0.2, 0) is 0 Å². The van der Waals surface area contributed by atoms with Crippen molar-refractivity contribution in [2.24, 2.45) is 0 Å². The smallest absolute Gasteiger partial charge is 0.269 e. The van der Waals surface area contributed by atoms with Crippen LogP contribution in [0, 0.1) is 5.82 Å². The van der Waals surface area contributed by atoms with Gasteiger partial charge < -0.3 is 10.6 Å². The van der Waals surface area contributed by atoms with E-state index in [1.807, 2.05) is 0 Å². The molecule has 0 spiro atoms. The Balaban J connectivity index is 0.00000220. The third-order valence-electron chi connectivity index (χ3n) is 3.66. The maximum Gasteiger partial charge on any atom is 0.269 e. The van der Waals surface area contributed by atoms with Crippen LogP contribution in [0.25, 0.3) is 0 Å². The van der Waals surface area contributed by atoms with Crippen LogP contribution in [0.1, 0.15) is 49.0 Å². The number of carbonyl (C=O) groups is 1. The fourth-order valence-corrected chi connectivity index (χ4v) is 2.54. The second-order valence-corrected chi connectivity index (χ2v) is 5.26. The number of hydrogen-bond donors (Lipinski definition) is 2. The maximum atomic E-state index is 12.7. The first kappa shape index (κ1) is 17.9. The number of pyridine rings is 1. The van der Waals surface area contributed by atoms with Crippen molar-refractivity contribution >= 4 is 18.3 Å². The molecule has 0 aromatic carbocycles. The van der Waals surface area contributed by atoms with Gasteiger partial charge in [-0.3, -0.25) is 4.79 Å². The van der Waals surface area contributed by atoms with Gasteiger partial charge in [-0.25, -0.2) is 9.37 Å². The van der Waals surface area contributed by atoms with Gasteiger partial charge in [-0.05, 0) is 25.0 Å². The number of amides is 1. The van der Waals surface area contributed by atoms with E-state index >= 15 is 0 Å². The number of halogens is 2. The third-order valence-corrected chi connectivity index (χ3v) is 3.66. The average molecular weight is 316 g/mol. The van der Waals surface area contributed by atoms with Crippen LogP contribution in [0.15, 0.2) is 18.3 Å². The zero-order valence-corrected chi connectivity index (χ0v) is 12.9. The second kappa shape index (κ2) is 9.68. The Morgan fingerprint density at radius 1 is 1.19 bits per heavy atom. The van der Waals surface area contributed by atoms with Crippen molar-refractivity contribution in [3.8, 4) is 0 Å². The van der Waals surface area contributed by atoms with E-state index in [9.17, 15) is 9.18 Å². The summed E-state index contributed by atoms with van der Waals surface area (Å²) < 4.78 is 12.7. The Hall–Kier alpha value is -1.20. The molecule has 0 bridgehead atoms. The van der Waals surface area contributed by atoms with Gasteiger partial charge in [0.2, 0.25) is 0 Å². The first-order chi connectivity index (χ1) is 9.75. The highest BCUT2D eigenvalue weighted by Gasteiger charge is 2.11. The fraction of sp³-hybridized carbons (Fsp3) is 0.600. The molecule has 0 aliphatic heterocycles. The molecule has 0 unspecified atom stereocenters. The van der Waals surface area contributed by atoms with E-state index in [4.69, 9.17) is 0 Å². The molecule has 0 radical (unpaired) electrons. The number of rotatable bonds is 5. The van der Waals surface area contributed by atoms with Crippen molar-refractivity contribution in [2.75, 3.05) is 13.1 Å². The Morgan fingerprint density at radius 2 is 1.90 bits per heavy atom. The topological polar surface area (TPSA) is 54.0 Å². The molecular weight excluding hydrogens is 293 g/mol. The lowest BCUT2D eigenvalue weighted by molar-refractivity contribution is 0.0948. The molecule has 4 nitrogen and oxygen atoms in total. The summed E-state index contributed by atoms with van der Waals surface area (Å²) in [6.45, 7) is 1.33. The minimum absolute atomic E-state index is 0. The quantitative estimate of drug-likeness (QED) is 0.649. The van der Waals surface area contributed by atoms with Crippen LogP contribution < -0.4 is 10.6 Å². The minimum atomic E-state index is -0.434. The van der Waals surface area contributed by atoms with Crippen LogP contribution in [0.2, 0.25) is 0 Å². The number of nitrogens with one attached hydrogen (secondary N) is 2. The molecular formula is C15H23ClFN3O. The van der Waals surface area contributed by atoms with Gasteiger partial charge >= 0.3 is 0 Å². The lowest BCUT2D eigenvalue weighted by Crippen LogP contribution is -2.37. The summed E-state index contributed by atoms with van der Waals surface area (Å²) in [6.07, 6.45) is 8.78. The van der Waals surface area contributed by atoms with Gasteiger partial charge in [-0.15, -0.1) is 12.4 Å². The normalized spacial score (nSPS) is 15.9. The van der Waals surface area contributed by atoms with Gasteiger partial charge in [0, 0.05) is 19.1 Å². The van der Waals surface area contributed by atoms with Crippen LogP contribution in [0.4, 0.5) is 4.39 Å². The standard InChI is InChI=1S/C15H22FN3O.ClH/c16-12-7-8-14(19-11-12)15(20)18-10-9-17-13-5-3-1-2-4-6-13;/h7-8,11,13,17H,1-6,9-10H2,(H,18,20);1H. The number of nitrogens with zero attached hydrogens (tertiary/aromatic N) is 1. The average Bonchev–Trinajstić information content (AvgIpc) is 2.73. The monoisotopic (exact) mass is 315 g/mol. The van der Waals surface area contributed by atoms with Crippen molar-refractivity contribution in [3.05, 3.63) is 29.8 Å². The molecule has 21 heavy (non-hydrogen) atoms. The molecule has 1 heterocycles. The number of carbonyl (C=O) groups excluding carboxylic acids is 1. The number of aromatic nitrogens is 1. The lowest BCUT2D eigenvalue weighted by atomic mass is 10.1. The van der Waals surface area contributed by atoms with Crippen molar-refractivity contribution in [1.29, 1.82) is 0 Å². The molecule has 2 rings (SSSR count). The van der Waals surface area contributed by atoms with Crippen LogP contribution in [-0.4, -0.2) is 30.0 Å². The van der Waals surface area contributed by atoms with Gasteiger partial charge in [0.25, 0.3) is 5.91 Å². The Bertz CT molecular complexity index is 419. The molecule has 1 aliphatic carbocycles. The van der Waals surface area contributed by atoms with E-state index in [-0.39, 0.29) is 24.0 Å². The van der Waals surface area contributed by atoms with Gasteiger partial charge in [0.1, 0.15) is 11.5 Å². The highest BCUT2D eigenvalue weighted by molar-refractivity contribution is 5.92.